The van der Waals surface area contributed by atoms with E-state index in [-0.39, 0.29) is 51.0 Å². The first-order chi connectivity index (χ1) is 17.6. The van der Waals surface area contributed by atoms with Crippen LogP contribution in [-0.4, -0.2) is 8.07 Å². The van der Waals surface area contributed by atoms with E-state index in [1.807, 2.05) is 0 Å². The molecule has 0 amide bonds. The third kappa shape index (κ3) is 4.37. The number of hydrogen-bond donors (Lipinski definition) is 0. The molecule has 4 heteroatoms. The van der Waals surface area contributed by atoms with E-state index in [1.54, 1.807) is 10.4 Å². The predicted octanol–water partition coefficient (Wildman–Crippen LogP) is 1.46. The molecule has 0 unspecified atom stereocenters. The SMILES string of the molecule is Cc1[cH-]c2ccc3ccccc3c2c1[Si](C)(c1ccccc1)c1c(C)[cH-]c2ccc3ccccc3c12.[Cl-].[Cl-].[Zr+4]. The molecule has 0 N–H and O–H groups in total. The summed E-state index contributed by atoms with van der Waals surface area (Å²) in [5, 5.41) is 15.5. The van der Waals surface area contributed by atoms with Gasteiger partial charge < -0.3 is 24.8 Å². The monoisotopic (exact) mass is 636 g/mol. The van der Waals surface area contributed by atoms with Gasteiger partial charge in [-0.1, -0.05) is 127 Å². The van der Waals surface area contributed by atoms with Crippen LogP contribution in [0.4, 0.5) is 0 Å². The van der Waals surface area contributed by atoms with Gasteiger partial charge in [0, 0.05) is 8.07 Å². The average Bonchev–Trinajstić information content (AvgIpc) is 3.45. The van der Waals surface area contributed by atoms with E-state index in [1.165, 1.54) is 59.4 Å². The minimum Gasteiger partial charge on any atom is -1.00 e. The van der Waals surface area contributed by atoms with Crippen LogP contribution in [0.25, 0.3) is 43.1 Å². The number of aryl methyl sites for hydroxylation is 2. The molecule has 0 spiro atoms. The van der Waals surface area contributed by atoms with Gasteiger partial charge in [0.1, 0.15) is 0 Å². The average molecular weight is 639 g/mol. The van der Waals surface area contributed by atoms with Crippen LogP contribution in [0.2, 0.25) is 6.55 Å². The number of benzene rings is 5. The molecular weight excluding hydrogens is 611 g/mol. The van der Waals surface area contributed by atoms with Crippen LogP contribution in [0.5, 0.6) is 0 Å². The molecule has 0 saturated heterocycles. The standard InChI is InChI=1S/C35H28Si.2ClH.Zr/c1-23-21-27-19-17-25-11-7-9-15-30(25)32(27)34(23)36(3,29-13-5-4-6-14-29)35-24(2)22-28-20-18-26-12-8-10-16-31(26)33(28)35;;;/h4-22H,1-3H3;2*1H;/q-2;;;+4/p-2. The second kappa shape index (κ2) is 11.2. The Hall–Kier alpha value is -2.48. The maximum atomic E-state index is 2.59. The van der Waals surface area contributed by atoms with Crippen LogP contribution in [0.15, 0.2) is 115 Å². The third-order valence-electron chi connectivity index (χ3n) is 8.31. The Morgan fingerprint density at radius 3 is 1.38 bits per heavy atom. The number of hydrogen-bond acceptors (Lipinski definition) is 0. The summed E-state index contributed by atoms with van der Waals surface area (Å²) in [6.07, 6.45) is 0. The minimum absolute atomic E-state index is 0. The van der Waals surface area contributed by atoms with E-state index in [4.69, 9.17) is 0 Å². The molecule has 7 rings (SSSR count). The second-order valence-electron chi connectivity index (χ2n) is 10.4. The van der Waals surface area contributed by atoms with E-state index in [2.05, 4.69) is 136 Å². The quantitative estimate of drug-likeness (QED) is 0.203. The van der Waals surface area contributed by atoms with Crippen molar-refractivity contribution >= 4 is 66.7 Å². The summed E-state index contributed by atoms with van der Waals surface area (Å²) < 4.78 is 0. The van der Waals surface area contributed by atoms with Gasteiger partial charge in [0.2, 0.25) is 0 Å². The fourth-order valence-corrected chi connectivity index (χ4v) is 11.8. The van der Waals surface area contributed by atoms with Gasteiger partial charge in [-0.25, -0.2) is 0 Å². The van der Waals surface area contributed by atoms with Crippen LogP contribution in [0, 0.1) is 13.8 Å². The Morgan fingerprint density at radius 1 is 0.513 bits per heavy atom. The van der Waals surface area contributed by atoms with Crippen molar-refractivity contribution in [2.24, 2.45) is 0 Å². The van der Waals surface area contributed by atoms with Gasteiger partial charge in [0.05, 0.1) is 0 Å². The van der Waals surface area contributed by atoms with Crippen molar-refractivity contribution in [3.05, 3.63) is 126 Å². The molecule has 0 saturated carbocycles. The van der Waals surface area contributed by atoms with Gasteiger partial charge in [-0.05, 0) is 10.8 Å². The Kier molecular flexibility index (Phi) is 8.46. The Labute approximate surface area is 262 Å². The summed E-state index contributed by atoms with van der Waals surface area (Å²) in [5.41, 5.74) is 2.82. The number of halogens is 2. The molecular formula is C35H28Cl2SiZr. The van der Waals surface area contributed by atoms with Crippen molar-refractivity contribution in [2.75, 3.05) is 0 Å². The predicted molar refractivity (Wildman–Crippen MR) is 161 cm³/mol. The molecule has 0 aliphatic heterocycles. The Bertz CT molecular complexity index is 1810. The molecule has 0 aliphatic carbocycles. The number of rotatable bonds is 3. The van der Waals surface area contributed by atoms with Crippen molar-refractivity contribution < 1.29 is 51.0 Å². The van der Waals surface area contributed by atoms with E-state index >= 15 is 0 Å². The molecule has 0 radical (unpaired) electrons. The molecule has 0 bridgehead atoms. The van der Waals surface area contributed by atoms with Crippen molar-refractivity contribution in [1.29, 1.82) is 0 Å². The molecule has 0 nitrogen and oxygen atoms in total. The summed E-state index contributed by atoms with van der Waals surface area (Å²) in [6.45, 7) is 7.25. The third-order valence-corrected chi connectivity index (χ3v) is 13.1. The summed E-state index contributed by atoms with van der Waals surface area (Å²) in [4.78, 5) is 0. The van der Waals surface area contributed by atoms with Crippen LogP contribution in [0.3, 0.4) is 0 Å². The first-order valence-electron chi connectivity index (χ1n) is 12.8. The molecule has 7 aromatic carbocycles. The maximum Gasteiger partial charge on any atom is 4.00 e. The summed E-state index contributed by atoms with van der Waals surface area (Å²) in [5.74, 6) is 0. The van der Waals surface area contributed by atoms with Gasteiger partial charge in [0.25, 0.3) is 0 Å². The van der Waals surface area contributed by atoms with Gasteiger partial charge in [-0.2, -0.15) is 10.4 Å². The minimum atomic E-state index is -2.43. The summed E-state index contributed by atoms with van der Waals surface area (Å²) >= 11 is 0. The van der Waals surface area contributed by atoms with Crippen molar-refractivity contribution in [1.82, 2.24) is 0 Å². The normalized spacial score (nSPS) is 11.4. The molecule has 0 aromatic heterocycles. The van der Waals surface area contributed by atoms with E-state index in [9.17, 15) is 0 Å². The Balaban J connectivity index is 0.00000118. The summed E-state index contributed by atoms with van der Waals surface area (Å²) in [6, 6.07) is 43.2. The fourth-order valence-electron chi connectivity index (χ4n) is 6.85. The second-order valence-corrected chi connectivity index (χ2v) is 14.2. The van der Waals surface area contributed by atoms with Crippen LogP contribution in [0.1, 0.15) is 11.1 Å². The van der Waals surface area contributed by atoms with Crippen molar-refractivity contribution in [2.45, 2.75) is 20.4 Å². The van der Waals surface area contributed by atoms with Gasteiger partial charge in [-0.15, -0.1) is 56.9 Å². The smallest absolute Gasteiger partial charge is 1.00 e. The fraction of sp³-hybridized carbons (Fsp3) is 0.0857. The first kappa shape index (κ1) is 29.5. The Morgan fingerprint density at radius 2 is 0.923 bits per heavy atom. The largest absolute Gasteiger partial charge is 4.00 e. The zero-order valence-electron chi connectivity index (χ0n) is 22.2. The molecule has 190 valence electrons. The molecule has 0 heterocycles. The van der Waals surface area contributed by atoms with Crippen molar-refractivity contribution in [3.8, 4) is 0 Å². The van der Waals surface area contributed by atoms with E-state index in [0.717, 1.165) is 0 Å². The van der Waals surface area contributed by atoms with Gasteiger partial charge >= 0.3 is 26.2 Å². The number of fused-ring (bicyclic) bond motifs is 6. The topological polar surface area (TPSA) is 0 Å². The molecule has 7 aromatic rings. The van der Waals surface area contributed by atoms with Crippen molar-refractivity contribution in [3.63, 3.8) is 0 Å². The van der Waals surface area contributed by atoms with Gasteiger partial charge in [0.15, 0.2) is 0 Å². The van der Waals surface area contributed by atoms with Crippen LogP contribution in [-0.2, 0) is 26.2 Å². The molecule has 0 atom stereocenters. The van der Waals surface area contributed by atoms with E-state index in [0.29, 0.717) is 0 Å². The molecule has 0 aliphatic rings. The van der Waals surface area contributed by atoms with Gasteiger partial charge in [-0.3, -0.25) is 0 Å². The maximum absolute atomic E-state index is 2.59. The zero-order valence-corrected chi connectivity index (χ0v) is 27.2. The van der Waals surface area contributed by atoms with E-state index < -0.39 is 8.07 Å². The first-order valence-corrected chi connectivity index (χ1v) is 15.3. The zero-order chi connectivity index (χ0) is 24.4. The summed E-state index contributed by atoms with van der Waals surface area (Å²) in [7, 11) is -2.43. The van der Waals surface area contributed by atoms with Crippen LogP contribution >= 0.6 is 0 Å². The van der Waals surface area contributed by atoms with Crippen LogP contribution < -0.4 is 40.4 Å². The molecule has 0 fully saturated rings. The molecule has 39 heavy (non-hydrogen) atoms.